The van der Waals surface area contributed by atoms with E-state index in [0.29, 0.717) is 36.1 Å². The van der Waals surface area contributed by atoms with Crippen LogP contribution >= 0.6 is 46.7 Å². The van der Waals surface area contributed by atoms with Crippen LogP contribution in [0.15, 0.2) is 0 Å². The van der Waals surface area contributed by atoms with Gasteiger partial charge in [-0.25, -0.2) is 0 Å². The molecular formula is C14H24Cl2O4S2. The Kier molecular flexibility index (Phi) is 14.9. The highest BCUT2D eigenvalue weighted by Gasteiger charge is 2.20. The van der Waals surface area contributed by atoms with Gasteiger partial charge in [-0.3, -0.25) is 9.59 Å². The first kappa shape index (κ1) is 22.2. The predicted molar refractivity (Wildman–Crippen MR) is 96.4 cm³/mol. The molecule has 0 aromatic rings. The smallest absolute Gasteiger partial charge is 0.307 e. The quantitative estimate of drug-likeness (QED) is 0.272. The van der Waals surface area contributed by atoms with E-state index in [4.69, 9.17) is 32.7 Å². The maximum atomic E-state index is 11.6. The molecule has 0 aromatic heterocycles. The zero-order valence-electron chi connectivity index (χ0n) is 13.0. The van der Waals surface area contributed by atoms with Crippen LogP contribution in [0.2, 0.25) is 0 Å². The minimum absolute atomic E-state index is 0.282. The van der Waals surface area contributed by atoms with Crippen LogP contribution in [-0.4, -0.2) is 58.9 Å². The summed E-state index contributed by atoms with van der Waals surface area (Å²) in [6, 6.07) is 0. The molecule has 0 bridgehead atoms. The molecule has 0 amide bonds. The maximum absolute atomic E-state index is 11.6. The van der Waals surface area contributed by atoms with E-state index in [-0.39, 0.29) is 11.9 Å². The molecule has 0 aliphatic heterocycles. The normalized spacial score (nSPS) is 13.5. The van der Waals surface area contributed by atoms with Crippen LogP contribution < -0.4 is 0 Å². The van der Waals surface area contributed by atoms with Gasteiger partial charge in [0, 0.05) is 34.8 Å². The van der Waals surface area contributed by atoms with Crippen molar-refractivity contribution in [2.75, 3.05) is 34.8 Å². The van der Waals surface area contributed by atoms with Crippen molar-refractivity contribution in [2.45, 2.75) is 38.9 Å². The van der Waals surface area contributed by atoms with Crippen LogP contribution in [0.5, 0.6) is 0 Å². The first-order chi connectivity index (χ1) is 10.5. The Bertz CT molecular complexity index is 289. The number of rotatable bonds is 13. The highest BCUT2D eigenvalue weighted by atomic mass is 35.5. The summed E-state index contributed by atoms with van der Waals surface area (Å²) in [7, 11) is 0. The molecule has 22 heavy (non-hydrogen) atoms. The third-order valence-corrected chi connectivity index (χ3v) is 5.44. The average Bonchev–Trinajstić information content (AvgIpc) is 2.48. The van der Waals surface area contributed by atoms with Gasteiger partial charge in [0.2, 0.25) is 0 Å². The van der Waals surface area contributed by atoms with Crippen LogP contribution in [0, 0.1) is 0 Å². The van der Waals surface area contributed by atoms with Gasteiger partial charge >= 0.3 is 11.9 Å². The number of alkyl halides is 2. The van der Waals surface area contributed by atoms with E-state index in [0.717, 1.165) is 11.5 Å². The number of halogens is 2. The number of hydrogen-bond acceptors (Lipinski definition) is 6. The van der Waals surface area contributed by atoms with Gasteiger partial charge in [-0.2, -0.15) is 23.5 Å². The van der Waals surface area contributed by atoms with E-state index < -0.39 is 12.2 Å². The summed E-state index contributed by atoms with van der Waals surface area (Å²) in [5, 5.41) is 0. The van der Waals surface area contributed by atoms with Gasteiger partial charge in [-0.15, -0.1) is 23.2 Å². The SMILES string of the molecule is CC(OC(=O)CCSCCCl)C(C)OC(=O)CCSCCCl. The van der Waals surface area contributed by atoms with Crippen molar-refractivity contribution in [1.82, 2.24) is 0 Å². The summed E-state index contributed by atoms with van der Waals surface area (Å²) < 4.78 is 10.5. The lowest BCUT2D eigenvalue weighted by Crippen LogP contribution is -2.31. The van der Waals surface area contributed by atoms with E-state index in [9.17, 15) is 9.59 Å². The van der Waals surface area contributed by atoms with Crippen LogP contribution in [0.1, 0.15) is 26.7 Å². The van der Waals surface area contributed by atoms with Gasteiger partial charge in [-0.1, -0.05) is 0 Å². The van der Waals surface area contributed by atoms with Crippen molar-refractivity contribution >= 4 is 58.7 Å². The lowest BCUT2D eigenvalue weighted by atomic mass is 10.2. The molecule has 0 aromatic carbocycles. The lowest BCUT2D eigenvalue weighted by Gasteiger charge is -2.20. The number of esters is 2. The standard InChI is InChI=1S/C14H24Cl2O4S2/c1-11(19-13(17)3-7-21-9-5-15)12(2)20-14(18)4-8-22-10-6-16/h11-12H,3-10H2,1-2H3. The number of carbonyl (C=O) groups excluding carboxylic acids is 2. The summed E-state index contributed by atoms with van der Waals surface area (Å²) in [5.41, 5.74) is 0. The molecule has 0 fully saturated rings. The van der Waals surface area contributed by atoms with Crippen LogP contribution in [0.3, 0.4) is 0 Å². The average molecular weight is 391 g/mol. The molecular weight excluding hydrogens is 367 g/mol. The highest BCUT2D eigenvalue weighted by molar-refractivity contribution is 7.99. The summed E-state index contributed by atoms with van der Waals surface area (Å²) in [6.07, 6.45) is -0.238. The summed E-state index contributed by atoms with van der Waals surface area (Å²) in [5.74, 6) is 3.60. The Morgan fingerprint density at radius 3 is 1.50 bits per heavy atom. The van der Waals surface area contributed by atoms with Gasteiger partial charge in [-0.05, 0) is 13.8 Å². The Labute approximate surface area is 151 Å². The van der Waals surface area contributed by atoms with Gasteiger partial charge in [0.1, 0.15) is 12.2 Å². The van der Waals surface area contributed by atoms with Crippen molar-refractivity contribution in [3.63, 3.8) is 0 Å². The molecule has 0 saturated heterocycles. The fourth-order valence-electron chi connectivity index (χ4n) is 1.35. The summed E-state index contributed by atoms with van der Waals surface area (Å²) >= 11 is 14.3. The molecule has 0 N–H and O–H groups in total. The summed E-state index contributed by atoms with van der Waals surface area (Å²) in [6.45, 7) is 3.45. The molecule has 0 radical (unpaired) electrons. The van der Waals surface area contributed by atoms with Crippen LogP contribution in [-0.2, 0) is 19.1 Å². The van der Waals surface area contributed by atoms with Crippen molar-refractivity contribution in [3.05, 3.63) is 0 Å². The second-order valence-electron chi connectivity index (χ2n) is 4.49. The van der Waals surface area contributed by atoms with Gasteiger partial charge in [0.15, 0.2) is 0 Å². The van der Waals surface area contributed by atoms with E-state index in [2.05, 4.69) is 0 Å². The molecule has 8 heteroatoms. The fraction of sp³-hybridized carbons (Fsp3) is 0.857. The summed E-state index contributed by atoms with van der Waals surface area (Å²) in [4.78, 5) is 23.3. The molecule has 2 unspecified atom stereocenters. The molecule has 0 heterocycles. The molecule has 0 aliphatic carbocycles. The van der Waals surface area contributed by atoms with E-state index in [1.165, 1.54) is 0 Å². The van der Waals surface area contributed by atoms with E-state index in [1.54, 1.807) is 37.4 Å². The first-order valence-corrected chi connectivity index (χ1v) is 10.6. The molecule has 0 aliphatic rings. The largest absolute Gasteiger partial charge is 0.459 e. The van der Waals surface area contributed by atoms with Gasteiger partial charge in [0.05, 0.1) is 12.8 Å². The Morgan fingerprint density at radius 2 is 1.18 bits per heavy atom. The molecule has 0 spiro atoms. The number of hydrogen-bond donors (Lipinski definition) is 0. The Hall–Kier alpha value is 0.220. The molecule has 130 valence electrons. The van der Waals surface area contributed by atoms with Gasteiger partial charge < -0.3 is 9.47 Å². The predicted octanol–water partition coefficient (Wildman–Crippen LogP) is 3.57. The third-order valence-electron chi connectivity index (χ3n) is 2.64. The highest BCUT2D eigenvalue weighted by Crippen LogP contribution is 2.10. The topological polar surface area (TPSA) is 52.6 Å². The van der Waals surface area contributed by atoms with Crippen molar-refractivity contribution < 1.29 is 19.1 Å². The second-order valence-corrected chi connectivity index (χ2v) is 7.70. The van der Waals surface area contributed by atoms with Crippen molar-refractivity contribution in [2.24, 2.45) is 0 Å². The fourth-order valence-corrected chi connectivity index (χ4v) is 3.25. The third kappa shape index (κ3) is 12.7. The van der Waals surface area contributed by atoms with Gasteiger partial charge in [0.25, 0.3) is 0 Å². The molecule has 4 nitrogen and oxygen atoms in total. The van der Waals surface area contributed by atoms with E-state index >= 15 is 0 Å². The number of ether oxygens (including phenoxy) is 2. The second kappa shape index (κ2) is 14.8. The first-order valence-electron chi connectivity index (χ1n) is 7.17. The molecule has 0 saturated carbocycles. The van der Waals surface area contributed by atoms with E-state index in [1.807, 2.05) is 0 Å². The van der Waals surface area contributed by atoms with Crippen LogP contribution in [0.4, 0.5) is 0 Å². The zero-order valence-corrected chi connectivity index (χ0v) is 16.2. The molecule has 0 rings (SSSR count). The number of thioether (sulfide) groups is 2. The Balaban J connectivity index is 3.82. The monoisotopic (exact) mass is 390 g/mol. The minimum atomic E-state index is -0.454. The van der Waals surface area contributed by atoms with Crippen molar-refractivity contribution in [1.29, 1.82) is 0 Å². The van der Waals surface area contributed by atoms with Crippen LogP contribution in [0.25, 0.3) is 0 Å². The maximum Gasteiger partial charge on any atom is 0.307 e. The number of carbonyl (C=O) groups is 2. The minimum Gasteiger partial charge on any atom is -0.459 e. The Morgan fingerprint density at radius 1 is 0.818 bits per heavy atom. The van der Waals surface area contributed by atoms with Crippen molar-refractivity contribution in [3.8, 4) is 0 Å². The zero-order chi connectivity index (χ0) is 16.8. The molecule has 2 atom stereocenters. The lowest BCUT2D eigenvalue weighted by molar-refractivity contribution is -0.164.